The topological polar surface area (TPSA) is 68.6 Å². The number of hydrogen-bond acceptors (Lipinski definition) is 5. The van der Waals surface area contributed by atoms with Crippen molar-refractivity contribution in [3.63, 3.8) is 0 Å². The number of aryl methyl sites for hydroxylation is 1. The van der Waals surface area contributed by atoms with Gasteiger partial charge in [0.15, 0.2) is 0 Å². The zero-order valence-electron chi connectivity index (χ0n) is 21.7. The lowest BCUT2D eigenvalue weighted by Crippen LogP contribution is -2.03. The summed E-state index contributed by atoms with van der Waals surface area (Å²) >= 11 is 1.39. The number of thiazole rings is 1. The zero-order valence-corrected chi connectivity index (χ0v) is 22.5. The minimum atomic E-state index is -4.37. The number of benzene rings is 2. The van der Waals surface area contributed by atoms with Crippen molar-refractivity contribution in [3.8, 4) is 16.3 Å². The fraction of sp³-hybridized carbons (Fsp3) is 0.357. The first kappa shape index (κ1) is 29.9. The molecule has 3 aromatic rings. The quantitative estimate of drug-likeness (QED) is 0.205. The van der Waals surface area contributed by atoms with Crippen LogP contribution < -0.4 is 4.74 Å². The third-order valence-corrected chi connectivity index (χ3v) is 6.97. The number of hydrogen-bond donors (Lipinski definition) is 0. The molecule has 0 aliphatic rings. The van der Waals surface area contributed by atoms with Crippen LogP contribution in [0.3, 0.4) is 0 Å². The lowest BCUT2D eigenvalue weighted by atomic mass is 9.95. The van der Waals surface area contributed by atoms with Gasteiger partial charge in [-0.1, -0.05) is 44.2 Å². The van der Waals surface area contributed by atoms with Crippen molar-refractivity contribution in [2.45, 2.75) is 66.7 Å². The molecule has 5 nitrogen and oxygen atoms in total. The van der Waals surface area contributed by atoms with E-state index < -0.39 is 17.6 Å². The summed E-state index contributed by atoms with van der Waals surface area (Å²) in [6, 6.07) is 8.81. The van der Waals surface area contributed by atoms with Gasteiger partial charge in [-0.25, -0.2) is 4.98 Å². The maximum absolute atomic E-state index is 12.8. The second kappa shape index (κ2) is 13.3. The van der Waals surface area contributed by atoms with Crippen LogP contribution in [0.5, 0.6) is 5.75 Å². The first-order valence-corrected chi connectivity index (χ1v) is 12.7. The van der Waals surface area contributed by atoms with Crippen LogP contribution in [0, 0.1) is 25.7 Å². The molecule has 0 saturated carbocycles. The maximum Gasteiger partial charge on any atom is 0.416 e. The van der Waals surface area contributed by atoms with E-state index in [1.165, 1.54) is 23.5 Å². The normalized spacial score (nSPS) is 10.9. The van der Waals surface area contributed by atoms with Gasteiger partial charge in [0.25, 0.3) is 5.91 Å². The average Bonchev–Trinajstić information content (AvgIpc) is 3.26. The van der Waals surface area contributed by atoms with E-state index in [-0.39, 0.29) is 13.0 Å². The number of rotatable bonds is 9. The van der Waals surface area contributed by atoms with E-state index >= 15 is 0 Å². The summed E-state index contributed by atoms with van der Waals surface area (Å²) < 4.78 is 44.5. The van der Waals surface area contributed by atoms with Crippen LogP contribution >= 0.6 is 11.3 Å². The molecule has 0 N–H and O–H groups in total. The number of carbonyl (C=O) groups is 1. The highest BCUT2D eigenvalue weighted by Crippen LogP contribution is 2.34. The third kappa shape index (κ3) is 8.08. The highest BCUT2D eigenvalue weighted by molar-refractivity contribution is 7.15. The van der Waals surface area contributed by atoms with Gasteiger partial charge in [-0.05, 0) is 68.5 Å². The minimum Gasteiger partial charge on any atom is -0.488 e. The van der Waals surface area contributed by atoms with Crippen molar-refractivity contribution < 1.29 is 22.7 Å². The van der Waals surface area contributed by atoms with E-state index in [9.17, 15) is 22.9 Å². The van der Waals surface area contributed by atoms with Crippen LogP contribution in [-0.2, 0) is 24.0 Å². The molecule has 0 unspecified atom stereocenters. The maximum atomic E-state index is 12.8. The van der Waals surface area contributed by atoms with Crippen LogP contribution in [0.25, 0.3) is 10.6 Å². The molecule has 0 bridgehead atoms. The van der Waals surface area contributed by atoms with Gasteiger partial charge in [0.05, 0.1) is 16.1 Å². The molecule has 0 aliphatic carbocycles. The van der Waals surface area contributed by atoms with Crippen LogP contribution in [0.15, 0.2) is 53.7 Å². The van der Waals surface area contributed by atoms with E-state index in [1.807, 2.05) is 46.8 Å². The van der Waals surface area contributed by atoms with Crippen LogP contribution in [-0.4, -0.2) is 10.9 Å². The van der Waals surface area contributed by atoms with Gasteiger partial charge < -0.3 is 4.74 Å². The molecule has 0 spiro atoms. The first-order chi connectivity index (χ1) is 17.5. The Morgan fingerprint density at radius 1 is 1.03 bits per heavy atom. The van der Waals surface area contributed by atoms with Crippen molar-refractivity contribution in [3.05, 3.63) is 86.3 Å². The molecule has 0 radical (unpaired) electrons. The summed E-state index contributed by atoms with van der Waals surface area (Å²) in [5.74, 6) is 0.0451. The number of amides is 1. The van der Waals surface area contributed by atoms with Crippen molar-refractivity contribution in [2.75, 3.05) is 0 Å². The SMILES string of the molecule is C=C(CCC(=O)N=O)Cc1ccc(OCc2sc(-c3ccc(C(F)(F)F)cc3)nc2C)c(C)c1C.CC. The third-order valence-electron chi connectivity index (χ3n) is 5.79. The minimum absolute atomic E-state index is 0.0597. The second-order valence-corrected chi connectivity index (χ2v) is 9.36. The second-order valence-electron chi connectivity index (χ2n) is 8.28. The van der Waals surface area contributed by atoms with E-state index in [2.05, 4.69) is 16.7 Å². The lowest BCUT2D eigenvalue weighted by Gasteiger charge is -2.15. The summed E-state index contributed by atoms with van der Waals surface area (Å²) in [6.45, 7) is 14.1. The van der Waals surface area contributed by atoms with Crippen LogP contribution in [0.1, 0.15) is 59.5 Å². The van der Waals surface area contributed by atoms with Gasteiger partial charge in [0, 0.05) is 17.2 Å². The molecule has 1 amide bonds. The Bertz CT molecular complexity index is 1250. The molecule has 37 heavy (non-hydrogen) atoms. The Balaban J connectivity index is 0.00000235. The van der Waals surface area contributed by atoms with E-state index in [0.717, 1.165) is 50.7 Å². The fourth-order valence-electron chi connectivity index (χ4n) is 3.52. The molecule has 1 aromatic heterocycles. The number of aromatic nitrogens is 1. The smallest absolute Gasteiger partial charge is 0.416 e. The Labute approximate surface area is 219 Å². The Morgan fingerprint density at radius 2 is 1.68 bits per heavy atom. The lowest BCUT2D eigenvalue weighted by molar-refractivity contribution is -0.137. The molecule has 0 saturated heterocycles. The van der Waals surface area contributed by atoms with Crippen LogP contribution in [0.2, 0.25) is 0 Å². The largest absolute Gasteiger partial charge is 0.488 e. The molecule has 0 fully saturated rings. The van der Waals surface area contributed by atoms with Crippen LogP contribution in [0.4, 0.5) is 13.2 Å². The summed E-state index contributed by atoms with van der Waals surface area (Å²) in [5.41, 5.74) is 4.63. The summed E-state index contributed by atoms with van der Waals surface area (Å²) in [6.07, 6.45) is -3.32. The van der Waals surface area contributed by atoms with Gasteiger partial charge in [0.2, 0.25) is 0 Å². The number of allylic oxidation sites excluding steroid dienone is 1. The average molecular weight is 533 g/mol. The molecular weight excluding hydrogens is 501 g/mol. The van der Waals surface area contributed by atoms with Gasteiger partial charge in [-0.15, -0.1) is 16.2 Å². The van der Waals surface area contributed by atoms with E-state index in [0.29, 0.717) is 23.4 Å². The van der Waals surface area contributed by atoms with Crippen molar-refractivity contribution in [1.82, 2.24) is 4.98 Å². The van der Waals surface area contributed by atoms with Gasteiger partial charge in [-0.3, -0.25) is 4.79 Å². The molecular formula is C28H31F3N2O3S. The van der Waals surface area contributed by atoms with E-state index in [1.54, 1.807) is 0 Å². The zero-order chi connectivity index (χ0) is 27.8. The fourth-order valence-corrected chi connectivity index (χ4v) is 4.50. The number of alkyl halides is 3. The van der Waals surface area contributed by atoms with Gasteiger partial charge in [-0.2, -0.15) is 13.2 Å². The van der Waals surface area contributed by atoms with Gasteiger partial charge in [0.1, 0.15) is 17.4 Å². The van der Waals surface area contributed by atoms with E-state index in [4.69, 9.17) is 4.74 Å². The Morgan fingerprint density at radius 3 is 2.27 bits per heavy atom. The predicted molar refractivity (Wildman–Crippen MR) is 142 cm³/mol. The summed E-state index contributed by atoms with van der Waals surface area (Å²) in [5, 5.41) is 3.04. The Hall–Kier alpha value is -3.33. The molecule has 9 heteroatoms. The molecule has 1 heterocycles. The van der Waals surface area contributed by atoms with Crippen molar-refractivity contribution in [1.29, 1.82) is 0 Å². The molecule has 198 valence electrons. The number of nitroso groups, excluding NO2 is 1. The standard InChI is InChI=1S/C26H25F3N2O3S.C2H6/c1-15(5-12-24(32)31-33)13-20-8-11-22(17(3)16(20)2)34-14-23-18(4)30-25(35-23)19-6-9-21(10-7-19)26(27,28)29;1-2/h6-11H,1,5,12-14H2,2-4H3;1-2H3. The predicted octanol–water partition coefficient (Wildman–Crippen LogP) is 8.53. The number of ether oxygens (including phenoxy) is 1. The highest BCUT2D eigenvalue weighted by atomic mass is 32.1. The molecule has 0 aliphatic heterocycles. The number of carbonyl (C=O) groups excluding carboxylic acids is 1. The monoisotopic (exact) mass is 532 g/mol. The summed E-state index contributed by atoms with van der Waals surface area (Å²) in [7, 11) is 0. The van der Waals surface area contributed by atoms with Crippen molar-refractivity contribution in [2.24, 2.45) is 5.18 Å². The number of nitrogens with zero attached hydrogens (tertiary/aromatic N) is 2. The molecule has 2 aromatic carbocycles. The molecule has 0 atom stereocenters. The number of halogens is 3. The Kier molecular flexibility index (Phi) is 10.7. The first-order valence-electron chi connectivity index (χ1n) is 11.9. The van der Waals surface area contributed by atoms with Crippen molar-refractivity contribution >= 4 is 17.2 Å². The summed E-state index contributed by atoms with van der Waals surface area (Å²) in [4.78, 5) is 26.7. The molecule has 3 rings (SSSR count). The highest BCUT2D eigenvalue weighted by Gasteiger charge is 2.30. The van der Waals surface area contributed by atoms with Gasteiger partial charge >= 0.3 is 6.18 Å².